The highest BCUT2D eigenvalue weighted by molar-refractivity contribution is 6.31. The normalized spacial score (nSPS) is 18.6. The van der Waals surface area contributed by atoms with Gasteiger partial charge in [-0.3, -0.25) is 9.59 Å². The predicted molar refractivity (Wildman–Crippen MR) is 87.5 cm³/mol. The number of amides is 2. The van der Waals surface area contributed by atoms with Gasteiger partial charge in [0.1, 0.15) is 12.6 Å². The van der Waals surface area contributed by atoms with Crippen molar-refractivity contribution in [3.05, 3.63) is 46.5 Å². The van der Waals surface area contributed by atoms with E-state index in [1.807, 2.05) is 38.1 Å². The largest absolute Gasteiger partial charge is 0.327 e. The summed E-state index contributed by atoms with van der Waals surface area (Å²) in [6.07, 6.45) is 1.96. The van der Waals surface area contributed by atoms with Crippen molar-refractivity contribution >= 4 is 23.4 Å². The van der Waals surface area contributed by atoms with E-state index in [9.17, 15) is 9.59 Å². The molecule has 2 amide bonds. The van der Waals surface area contributed by atoms with E-state index in [0.717, 1.165) is 11.1 Å². The third-order valence-electron chi connectivity index (χ3n) is 3.80. The van der Waals surface area contributed by atoms with Crippen LogP contribution in [0.2, 0.25) is 5.02 Å². The number of carbonyl (C=O) groups excluding carboxylic acids is 2. The zero-order valence-corrected chi connectivity index (χ0v) is 13.9. The zero-order valence-electron chi connectivity index (χ0n) is 13.2. The monoisotopic (exact) mass is 320 g/mol. The minimum atomic E-state index is -0.445. The van der Waals surface area contributed by atoms with Gasteiger partial charge in [-0.2, -0.15) is 0 Å². The molecular formula is C17H21ClN2O2. The highest BCUT2D eigenvalue weighted by atomic mass is 35.5. The van der Waals surface area contributed by atoms with Gasteiger partial charge in [0.05, 0.1) is 0 Å². The van der Waals surface area contributed by atoms with Crippen LogP contribution in [0.25, 0.3) is 0 Å². The molecule has 1 aromatic rings. The Balaban J connectivity index is 2.12. The van der Waals surface area contributed by atoms with Gasteiger partial charge in [-0.15, -0.1) is 0 Å². The zero-order chi connectivity index (χ0) is 16.3. The Labute approximate surface area is 136 Å². The lowest BCUT2D eigenvalue weighted by Crippen LogP contribution is -2.58. The van der Waals surface area contributed by atoms with Crippen LogP contribution in [0, 0.1) is 0 Å². The summed E-state index contributed by atoms with van der Waals surface area (Å²) in [6.45, 7) is 6.68. The summed E-state index contributed by atoms with van der Waals surface area (Å²) in [7, 11) is 0. The molecule has 118 valence electrons. The first-order valence-corrected chi connectivity index (χ1v) is 7.73. The molecule has 1 aromatic carbocycles. The second-order valence-electron chi connectivity index (χ2n) is 5.79. The topological polar surface area (TPSA) is 40.6 Å². The highest BCUT2D eigenvalue weighted by Gasteiger charge is 2.35. The van der Waals surface area contributed by atoms with Crippen molar-refractivity contribution in [1.29, 1.82) is 0 Å². The molecule has 1 heterocycles. The van der Waals surface area contributed by atoms with Crippen molar-refractivity contribution in [2.24, 2.45) is 0 Å². The fourth-order valence-corrected chi connectivity index (χ4v) is 2.65. The van der Waals surface area contributed by atoms with Crippen LogP contribution in [0.5, 0.6) is 0 Å². The molecule has 1 atom stereocenters. The van der Waals surface area contributed by atoms with Gasteiger partial charge in [0.25, 0.3) is 0 Å². The Hall–Kier alpha value is -1.81. The molecule has 0 radical (unpaired) electrons. The Bertz CT molecular complexity index is 608. The third-order valence-corrected chi connectivity index (χ3v) is 4.17. The standard InChI is InChI=1S/C17H21ClN2O2/c1-12(2)8-9-20-13(3)17(22)19(11-16(20)21)10-14-6-4-5-7-15(14)18/h4-8,13H,9-11H2,1-3H3/t13-/m0/s1. The number of rotatable bonds is 4. The van der Waals surface area contributed by atoms with Crippen LogP contribution in [-0.4, -0.2) is 40.7 Å². The van der Waals surface area contributed by atoms with E-state index in [1.165, 1.54) is 0 Å². The summed E-state index contributed by atoms with van der Waals surface area (Å²) in [5, 5.41) is 0.613. The van der Waals surface area contributed by atoms with Gasteiger partial charge < -0.3 is 9.80 Å². The molecule has 0 N–H and O–H groups in total. The molecule has 0 bridgehead atoms. The van der Waals surface area contributed by atoms with Crippen molar-refractivity contribution in [1.82, 2.24) is 9.80 Å². The van der Waals surface area contributed by atoms with E-state index < -0.39 is 6.04 Å². The fraction of sp³-hybridized carbons (Fsp3) is 0.412. The van der Waals surface area contributed by atoms with Crippen molar-refractivity contribution in [3.63, 3.8) is 0 Å². The number of nitrogens with zero attached hydrogens (tertiary/aromatic N) is 2. The molecular weight excluding hydrogens is 300 g/mol. The van der Waals surface area contributed by atoms with Crippen LogP contribution in [-0.2, 0) is 16.1 Å². The molecule has 0 spiro atoms. The second kappa shape index (κ2) is 6.97. The minimum absolute atomic E-state index is 0.0309. The first kappa shape index (κ1) is 16.6. The Kier molecular flexibility index (Phi) is 5.24. The van der Waals surface area contributed by atoms with Crippen LogP contribution in [0.4, 0.5) is 0 Å². The summed E-state index contributed by atoms with van der Waals surface area (Å²) in [5.74, 6) is -0.0710. The maximum Gasteiger partial charge on any atom is 0.245 e. The van der Waals surface area contributed by atoms with E-state index in [0.29, 0.717) is 18.1 Å². The maximum absolute atomic E-state index is 12.5. The number of hydrogen-bond acceptors (Lipinski definition) is 2. The van der Waals surface area contributed by atoms with Gasteiger partial charge in [0.15, 0.2) is 0 Å². The van der Waals surface area contributed by atoms with E-state index in [1.54, 1.807) is 22.8 Å². The van der Waals surface area contributed by atoms with Gasteiger partial charge in [-0.05, 0) is 32.4 Å². The summed E-state index contributed by atoms with van der Waals surface area (Å²) >= 11 is 6.14. The van der Waals surface area contributed by atoms with E-state index in [4.69, 9.17) is 11.6 Å². The van der Waals surface area contributed by atoms with Crippen molar-refractivity contribution < 1.29 is 9.59 Å². The minimum Gasteiger partial charge on any atom is -0.327 e. The molecule has 4 nitrogen and oxygen atoms in total. The summed E-state index contributed by atoms with van der Waals surface area (Å²) in [5.41, 5.74) is 1.99. The molecule has 0 saturated carbocycles. The van der Waals surface area contributed by atoms with Crippen LogP contribution in [0.15, 0.2) is 35.9 Å². The summed E-state index contributed by atoms with van der Waals surface area (Å²) in [4.78, 5) is 28.0. The third kappa shape index (κ3) is 3.69. The highest BCUT2D eigenvalue weighted by Crippen LogP contribution is 2.20. The van der Waals surface area contributed by atoms with Gasteiger partial charge in [-0.1, -0.05) is 41.4 Å². The van der Waals surface area contributed by atoms with Crippen LogP contribution in [0.1, 0.15) is 26.3 Å². The van der Waals surface area contributed by atoms with Crippen LogP contribution in [0.3, 0.4) is 0 Å². The number of hydrogen-bond donors (Lipinski definition) is 0. The van der Waals surface area contributed by atoms with Crippen LogP contribution >= 0.6 is 11.6 Å². The van der Waals surface area contributed by atoms with Gasteiger partial charge >= 0.3 is 0 Å². The van der Waals surface area contributed by atoms with E-state index in [-0.39, 0.29) is 18.4 Å². The van der Waals surface area contributed by atoms with Crippen molar-refractivity contribution in [2.75, 3.05) is 13.1 Å². The number of benzene rings is 1. The van der Waals surface area contributed by atoms with Crippen molar-refractivity contribution in [2.45, 2.75) is 33.4 Å². The second-order valence-corrected chi connectivity index (χ2v) is 6.20. The predicted octanol–water partition coefficient (Wildman–Crippen LogP) is 2.87. The lowest BCUT2D eigenvalue weighted by Gasteiger charge is -2.38. The van der Waals surface area contributed by atoms with Crippen molar-refractivity contribution in [3.8, 4) is 0 Å². The van der Waals surface area contributed by atoms with Gasteiger partial charge in [0.2, 0.25) is 11.8 Å². The Morgan fingerprint density at radius 2 is 2.00 bits per heavy atom. The molecule has 1 saturated heterocycles. The molecule has 5 heteroatoms. The Morgan fingerprint density at radius 1 is 1.32 bits per heavy atom. The fourth-order valence-electron chi connectivity index (χ4n) is 2.45. The number of halogens is 1. The number of allylic oxidation sites excluding steroid dienone is 1. The number of piperazine rings is 1. The average molecular weight is 321 g/mol. The summed E-state index contributed by atoms with van der Waals surface area (Å²) in [6, 6.07) is 6.94. The first-order chi connectivity index (χ1) is 10.4. The quantitative estimate of drug-likeness (QED) is 0.800. The molecule has 0 aromatic heterocycles. The smallest absolute Gasteiger partial charge is 0.245 e. The molecule has 0 aliphatic carbocycles. The van der Waals surface area contributed by atoms with Gasteiger partial charge in [-0.25, -0.2) is 0 Å². The molecule has 0 unspecified atom stereocenters. The van der Waals surface area contributed by atoms with E-state index in [2.05, 4.69) is 0 Å². The Morgan fingerprint density at radius 3 is 2.64 bits per heavy atom. The molecule has 1 aliphatic rings. The molecule has 2 rings (SSSR count). The maximum atomic E-state index is 12.5. The molecule has 22 heavy (non-hydrogen) atoms. The average Bonchev–Trinajstić information content (AvgIpc) is 2.46. The molecule has 1 aliphatic heterocycles. The first-order valence-electron chi connectivity index (χ1n) is 7.35. The molecule has 1 fully saturated rings. The summed E-state index contributed by atoms with van der Waals surface area (Å²) < 4.78 is 0. The van der Waals surface area contributed by atoms with E-state index >= 15 is 0 Å². The SMILES string of the molecule is CC(C)=CCN1C(=O)CN(Cc2ccccc2Cl)C(=O)[C@@H]1C. The lowest BCUT2D eigenvalue weighted by molar-refractivity contribution is -0.155. The number of carbonyl (C=O) groups is 2. The van der Waals surface area contributed by atoms with Crippen LogP contribution < -0.4 is 0 Å². The van der Waals surface area contributed by atoms with Gasteiger partial charge in [0, 0.05) is 18.1 Å². The lowest BCUT2D eigenvalue weighted by atomic mass is 10.1.